The fourth-order valence-corrected chi connectivity index (χ4v) is 15.6. The van der Waals surface area contributed by atoms with Crippen molar-refractivity contribution in [2.24, 2.45) is 0 Å². The molecule has 0 aliphatic carbocycles. The van der Waals surface area contributed by atoms with Crippen molar-refractivity contribution in [3.63, 3.8) is 0 Å². The molecule has 0 heterocycles. The van der Waals surface area contributed by atoms with E-state index in [9.17, 15) is 0 Å². The third-order valence-corrected chi connectivity index (χ3v) is 17.0. The Kier molecular flexibility index (Phi) is 7.48. The molecule has 0 atom stereocenters. The van der Waals surface area contributed by atoms with E-state index < -0.39 is 33.8 Å². The summed E-state index contributed by atoms with van der Waals surface area (Å²) in [4.78, 5) is 0. The van der Waals surface area contributed by atoms with Gasteiger partial charge < -0.3 is 12.3 Å². The highest BCUT2D eigenvalue weighted by atomic mass is 28.5. The van der Waals surface area contributed by atoms with E-state index in [0.29, 0.717) is 0 Å². The molecule has 0 rings (SSSR count). The smallest absolute Gasteiger partial charge is 0.413 e. The van der Waals surface area contributed by atoms with E-state index in [1.807, 2.05) is 17.1 Å². The highest BCUT2D eigenvalue weighted by Crippen LogP contribution is 2.29. The molecule has 0 N–H and O–H groups in total. The van der Waals surface area contributed by atoms with Crippen molar-refractivity contribution < 1.29 is 12.3 Å². The van der Waals surface area contributed by atoms with E-state index in [2.05, 4.69) is 65.9 Å². The van der Waals surface area contributed by atoms with Crippen molar-refractivity contribution in [1.82, 2.24) is 0 Å². The van der Waals surface area contributed by atoms with Gasteiger partial charge in [-0.3, -0.25) is 0 Å². The summed E-state index contributed by atoms with van der Waals surface area (Å²) in [6, 6.07) is 0.756. The lowest BCUT2D eigenvalue weighted by Gasteiger charge is -2.42. The van der Waals surface area contributed by atoms with Crippen LogP contribution in [0.5, 0.6) is 0 Å². The molecule has 122 valence electrons. The average Bonchev–Trinajstić information content (AvgIpc) is 2.37. The van der Waals surface area contributed by atoms with Crippen LogP contribution < -0.4 is 0 Å². The Morgan fingerprint density at radius 2 is 0.905 bits per heavy atom. The molecule has 0 aromatic rings. The fourth-order valence-electron chi connectivity index (χ4n) is 1.61. The van der Waals surface area contributed by atoms with Crippen LogP contribution in [0.15, 0.2) is 36.8 Å². The maximum Gasteiger partial charge on any atom is 0.469 e. The molecule has 7 heteroatoms. The molecule has 21 heavy (non-hydrogen) atoms. The lowest BCUT2D eigenvalue weighted by Crippen LogP contribution is -2.60. The summed E-state index contributed by atoms with van der Waals surface area (Å²) < 4.78 is 19.5. The number of hydrogen-bond acceptors (Lipinski definition) is 3. The first kappa shape index (κ1) is 21.0. The van der Waals surface area contributed by atoms with Gasteiger partial charge in [0.1, 0.15) is 0 Å². The first-order chi connectivity index (χ1) is 9.36. The average molecular weight is 361 g/mol. The first-order valence-electron chi connectivity index (χ1n) is 7.38. The van der Waals surface area contributed by atoms with Crippen molar-refractivity contribution in [2.75, 3.05) is 0 Å². The molecule has 0 aliphatic rings. The molecular formula is C14H32O3Si4. The zero-order chi connectivity index (χ0) is 16.9. The molecule has 0 radical (unpaired) electrons. The normalized spacial score (nSPS) is 13.9. The molecule has 0 aliphatic heterocycles. The second-order valence-corrected chi connectivity index (χ2v) is 22.1. The summed E-state index contributed by atoms with van der Waals surface area (Å²) in [7, 11) is -8.79. The van der Waals surface area contributed by atoms with Gasteiger partial charge in [-0.15, -0.1) is 19.7 Å². The Hall–Kier alpha value is -0.0325. The van der Waals surface area contributed by atoms with E-state index in [-0.39, 0.29) is 0 Å². The van der Waals surface area contributed by atoms with Gasteiger partial charge in [0, 0.05) is 6.04 Å². The van der Waals surface area contributed by atoms with Crippen LogP contribution in [-0.2, 0) is 12.3 Å². The van der Waals surface area contributed by atoms with Gasteiger partial charge in [-0.05, 0) is 39.3 Å². The summed E-state index contributed by atoms with van der Waals surface area (Å²) >= 11 is 0. The van der Waals surface area contributed by atoms with Crippen LogP contribution in [0.4, 0.5) is 0 Å². The molecule has 0 saturated heterocycles. The molecule has 0 bridgehead atoms. The molecule has 0 aromatic heterocycles. The summed E-state index contributed by atoms with van der Waals surface area (Å²) in [5.41, 5.74) is 5.80. The van der Waals surface area contributed by atoms with Gasteiger partial charge in [0.25, 0.3) is 0 Å². The Bertz CT molecular complexity index is 337. The summed E-state index contributed by atoms with van der Waals surface area (Å²) in [5, 5.41) is 0. The van der Waals surface area contributed by atoms with Gasteiger partial charge in [-0.2, -0.15) is 0 Å². The standard InChI is InChI=1S/C14H32O3Si4/c1-11-18(5,6)15-21(14-4,16-19(7,8)12-2)17-20(9,10)13-3/h11-13H,1-3,14H2,4-10H3. The van der Waals surface area contributed by atoms with Gasteiger partial charge in [0.05, 0.1) is 0 Å². The van der Waals surface area contributed by atoms with Crippen molar-refractivity contribution >= 4 is 33.8 Å². The Labute approximate surface area is 135 Å². The molecule has 3 nitrogen and oxygen atoms in total. The van der Waals surface area contributed by atoms with Crippen LogP contribution in [-0.4, -0.2) is 33.8 Å². The van der Waals surface area contributed by atoms with Gasteiger partial charge in [-0.1, -0.05) is 24.0 Å². The lowest BCUT2D eigenvalue weighted by atomic mass is 11.0. The predicted octanol–water partition coefficient (Wildman–Crippen LogP) is 4.79. The fraction of sp³-hybridized carbons (Fsp3) is 0.571. The second kappa shape index (κ2) is 7.49. The highest BCUT2D eigenvalue weighted by molar-refractivity contribution is 6.93. The monoisotopic (exact) mass is 360 g/mol. The minimum Gasteiger partial charge on any atom is -0.413 e. The third-order valence-electron chi connectivity index (χ3n) is 3.16. The molecule has 0 saturated carbocycles. The topological polar surface area (TPSA) is 27.7 Å². The zero-order valence-corrected chi connectivity index (χ0v) is 18.8. The van der Waals surface area contributed by atoms with Crippen molar-refractivity contribution in [2.45, 2.75) is 52.2 Å². The lowest BCUT2D eigenvalue weighted by molar-refractivity contribution is 0.258. The maximum atomic E-state index is 6.49. The van der Waals surface area contributed by atoms with Gasteiger partial charge >= 0.3 is 8.80 Å². The molecule has 0 aromatic carbocycles. The minimum absolute atomic E-state index is 0.756. The van der Waals surface area contributed by atoms with Crippen molar-refractivity contribution in [1.29, 1.82) is 0 Å². The molecular weight excluding hydrogens is 328 g/mol. The van der Waals surface area contributed by atoms with Gasteiger partial charge in [0.15, 0.2) is 0 Å². The van der Waals surface area contributed by atoms with E-state index in [4.69, 9.17) is 12.3 Å². The zero-order valence-electron chi connectivity index (χ0n) is 14.8. The summed E-state index contributed by atoms with van der Waals surface area (Å²) in [5.74, 6) is 0. The summed E-state index contributed by atoms with van der Waals surface area (Å²) in [6.45, 7) is 26.5. The van der Waals surface area contributed by atoms with Crippen LogP contribution in [0.3, 0.4) is 0 Å². The van der Waals surface area contributed by atoms with Crippen LogP contribution in [0.25, 0.3) is 0 Å². The Morgan fingerprint density at radius 3 is 1.05 bits per heavy atom. The van der Waals surface area contributed by atoms with E-state index in [1.165, 1.54) is 0 Å². The summed E-state index contributed by atoms with van der Waals surface area (Å²) in [6.07, 6.45) is 0. The first-order valence-corrected chi connectivity index (χ1v) is 18.3. The SMILES string of the molecule is C=C[Si](C)(C)O[Si](CC)(O[Si](C)(C)C=C)O[Si](C)(C)C=C. The minimum atomic E-state index is -2.77. The van der Waals surface area contributed by atoms with Crippen LogP contribution in [0, 0.1) is 0 Å². The van der Waals surface area contributed by atoms with E-state index in [0.717, 1.165) is 6.04 Å². The largest absolute Gasteiger partial charge is 0.469 e. The van der Waals surface area contributed by atoms with E-state index >= 15 is 0 Å². The second-order valence-electron chi connectivity index (χ2n) is 6.77. The highest BCUT2D eigenvalue weighted by Gasteiger charge is 2.49. The Balaban J connectivity index is 5.63. The van der Waals surface area contributed by atoms with Crippen LogP contribution in [0.1, 0.15) is 6.92 Å². The van der Waals surface area contributed by atoms with Crippen LogP contribution >= 0.6 is 0 Å². The predicted molar refractivity (Wildman–Crippen MR) is 103 cm³/mol. The quantitative estimate of drug-likeness (QED) is 0.524. The Morgan fingerprint density at radius 1 is 0.667 bits per heavy atom. The van der Waals surface area contributed by atoms with Crippen molar-refractivity contribution in [3.8, 4) is 0 Å². The maximum absolute atomic E-state index is 6.49. The number of hydrogen-bond donors (Lipinski definition) is 0. The van der Waals surface area contributed by atoms with Crippen molar-refractivity contribution in [3.05, 3.63) is 36.8 Å². The van der Waals surface area contributed by atoms with Gasteiger partial charge in [-0.25, -0.2) is 0 Å². The molecule has 0 unspecified atom stereocenters. The number of rotatable bonds is 10. The van der Waals surface area contributed by atoms with E-state index in [1.54, 1.807) is 0 Å². The third kappa shape index (κ3) is 7.18. The van der Waals surface area contributed by atoms with Gasteiger partial charge in [0.2, 0.25) is 25.0 Å². The molecule has 0 amide bonds. The molecule has 0 spiro atoms. The molecule has 0 fully saturated rings. The van der Waals surface area contributed by atoms with Crippen LogP contribution in [0.2, 0.25) is 45.3 Å².